The van der Waals surface area contributed by atoms with Crippen LogP contribution in [0, 0.1) is 5.92 Å². The molecule has 2 aromatic rings. The number of nitrogens with one attached hydrogen (secondary N) is 3. The highest BCUT2D eigenvalue weighted by atomic mass is 32.1. The molecule has 0 saturated carbocycles. The molecule has 1 unspecified atom stereocenters. The van der Waals surface area contributed by atoms with Crippen molar-refractivity contribution in [1.82, 2.24) is 10.2 Å². The number of aryl methyl sites for hydroxylation is 1. The molecule has 1 aliphatic heterocycles. The Bertz CT molecular complexity index is 1110. The summed E-state index contributed by atoms with van der Waals surface area (Å²) in [5.41, 5.74) is 4.69. The van der Waals surface area contributed by atoms with Gasteiger partial charge >= 0.3 is 12.0 Å². The predicted octanol–water partition coefficient (Wildman–Crippen LogP) is 5.62. The number of amides is 2. The van der Waals surface area contributed by atoms with Crippen LogP contribution in [0.15, 0.2) is 59.8 Å². The van der Waals surface area contributed by atoms with Gasteiger partial charge in [-0.25, -0.2) is 9.59 Å². The highest BCUT2D eigenvalue weighted by Gasteiger charge is 2.34. The van der Waals surface area contributed by atoms with E-state index in [2.05, 4.69) is 22.9 Å². The summed E-state index contributed by atoms with van der Waals surface area (Å²) in [6.07, 6.45) is 0.897. The molecule has 1 aliphatic rings. The fourth-order valence-electron chi connectivity index (χ4n) is 3.92. The van der Waals surface area contributed by atoms with Gasteiger partial charge in [0.05, 0.1) is 18.2 Å². The lowest BCUT2D eigenvalue weighted by Gasteiger charge is -2.37. The van der Waals surface area contributed by atoms with Crippen molar-refractivity contribution < 1.29 is 14.3 Å². The number of esters is 1. The minimum Gasteiger partial charge on any atom is -0.462 e. The van der Waals surface area contributed by atoms with E-state index in [0.717, 1.165) is 28.9 Å². The Balaban J connectivity index is 1.77. The highest BCUT2D eigenvalue weighted by molar-refractivity contribution is 7.80. The lowest BCUT2D eigenvalue weighted by atomic mass is 9.95. The number of nitrogens with zero attached hydrogens (tertiary/aromatic N) is 1. The van der Waals surface area contributed by atoms with E-state index in [9.17, 15) is 9.59 Å². The highest BCUT2D eigenvalue weighted by Crippen LogP contribution is 2.32. The lowest BCUT2D eigenvalue weighted by Crippen LogP contribution is -2.47. The first-order valence-corrected chi connectivity index (χ1v) is 12.4. The van der Waals surface area contributed by atoms with Crippen molar-refractivity contribution >= 4 is 40.7 Å². The van der Waals surface area contributed by atoms with Gasteiger partial charge in [0.2, 0.25) is 0 Å². The summed E-state index contributed by atoms with van der Waals surface area (Å²) in [6, 6.07) is 14.3. The fourth-order valence-corrected chi connectivity index (χ4v) is 4.30. The smallest absolute Gasteiger partial charge is 0.338 e. The SMILES string of the molecule is CCc1cccc(NC(=O)Nc2ccc(C3NC(=S)N(CC)C(C)=C3C(=O)OCC(C)C)cc2)c1. The molecule has 0 aliphatic carbocycles. The van der Waals surface area contributed by atoms with Crippen molar-refractivity contribution in [1.29, 1.82) is 0 Å². The van der Waals surface area contributed by atoms with E-state index in [1.54, 1.807) is 12.1 Å². The van der Waals surface area contributed by atoms with Gasteiger partial charge in [-0.3, -0.25) is 0 Å². The van der Waals surface area contributed by atoms with Crippen molar-refractivity contribution in [2.24, 2.45) is 5.92 Å². The van der Waals surface area contributed by atoms with Gasteiger partial charge in [0.25, 0.3) is 0 Å². The maximum Gasteiger partial charge on any atom is 0.338 e. The van der Waals surface area contributed by atoms with Crippen LogP contribution in [0.5, 0.6) is 0 Å². The topological polar surface area (TPSA) is 82.7 Å². The molecule has 2 aromatic carbocycles. The van der Waals surface area contributed by atoms with E-state index in [4.69, 9.17) is 17.0 Å². The lowest BCUT2D eigenvalue weighted by molar-refractivity contribution is -0.140. The monoisotopic (exact) mass is 494 g/mol. The minimum atomic E-state index is -0.440. The maximum absolute atomic E-state index is 13.0. The van der Waals surface area contributed by atoms with Gasteiger partial charge in [-0.2, -0.15) is 0 Å². The van der Waals surface area contributed by atoms with E-state index in [1.807, 2.05) is 69.0 Å². The molecule has 3 N–H and O–H groups in total. The number of hydrogen-bond donors (Lipinski definition) is 3. The van der Waals surface area contributed by atoms with Gasteiger partial charge in [-0.05, 0) is 73.8 Å². The number of rotatable bonds is 8. The second-order valence-corrected chi connectivity index (χ2v) is 9.26. The van der Waals surface area contributed by atoms with Crippen molar-refractivity contribution in [3.05, 3.63) is 70.9 Å². The van der Waals surface area contributed by atoms with E-state index < -0.39 is 6.04 Å². The average molecular weight is 495 g/mol. The molecule has 0 aromatic heterocycles. The Morgan fingerprint density at radius 2 is 1.77 bits per heavy atom. The van der Waals surface area contributed by atoms with Crippen LogP contribution in [0.25, 0.3) is 0 Å². The minimum absolute atomic E-state index is 0.235. The van der Waals surface area contributed by atoms with Crippen molar-refractivity contribution in [3.63, 3.8) is 0 Å². The Labute approximate surface area is 212 Å². The molecule has 1 heterocycles. The quantitative estimate of drug-likeness (QED) is 0.327. The molecule has 0 fully saturated rings. The number of carbonyl (C=O) groups is 2. The first-order valence-electron chi connectivity index (χ1n) is 12.0. The molecule has 0 spiro atoms. The van der Waals surface area contributed by atoms with Crippen LogP contribution < -0.4 is 16.0 Å². The number of thiocarbonyl (C=S) groups is 1. The first kappa shape index (κ1) is 26.2. The summed E-state index contributed by atoms with van der Waals surface area (Å²) in [7, 11) is 0. The average Bonchev–Trinajstić information content (AvgIpc) is 2.83. The third-order valence-electron chi connectivity index (χ3n) is 5.78. The zero-order valence-corrected chi connectivity index (χ0v) is 21.8. The zero-order chi connectivity index (χ0) is 25.5. The van der Waals surface area contributed by atoms with Gasteiger partial charge in [-0.1, -0.05) is 45.0 Å². The van der Waals surface area contributed by atoms with E-state index in [-0.39, 0.29) is 17.9 Å². The summed E-state index contributed by atoms with van der Waals surface area (Å²) in [6.45, 7) is 10.9. The van der Waals surface area contributed by atoms with E-state index >= 15 is 0 Å². The van der Waals surface area contributed by atoms with Crippen molar-refractivity contribution in [2.75, 3.05) is 23.8 Å². The van der Waals surface area contributed by atoms with Gasteiger partial charge in [-0.15, -0.1) is 0 Å². The number of carbonyl (C=O) groups excluding carboxylic acids is 2. The fraction of sp³-hybridized carbons (Fsp3) is 0.370. The third kappa shape index (κ3) is 6.60. The van der Waals surface area contributed by atoms with Gasteiger partial charge < -0.3 is 25.6 Å². The number of hydrogen-bond acceptors (Lipinski definition) is 4. The number of benzene rings is 2. The molecule has 186 valence electrons. The van der Waals surface area contributed by atoms with Gasteiger partial charge in [0, 0.05) is 23.6 Å². The van der Waals surface area contributed by atoms with Gasteiger partial charge in [0.15, 0.2) is 5.11 Å². The van der Waals surface area contributed by atoms with Crippen LogP contribution in [0.3, 0.4) is 0 Å². The van der Waals surface area contributed by atoms with Gasteiger partial charge in [0.1, 0.15) is 0 Å². The number of ether oxygens (including phenoxy) is 1. The predicted molar refractivity (Wildman–Crippen MR) is 144 cm³/mol. The molecule has 2 amide bonds. The molecular weight excluding hydrogens is 460 g/mol. The molecular formula is C27H34N4O3S. The number of allylic oxidation sites excluding steroid dienone is 1. The Morgan fingerprint density at radius 3 is 2.40 bits per heavy atom. The molecule has 0 saturated heterocycles. The van der Waals surface area contributed by atoms with E-state index in [0.29, 0.717) is 29.5 Å². The number of anilines is 2. The first-order chi connectivity index (χ1) is 16.7. The second-order valence-electron chi connectivity index (χ2n) is 8.87. The molecule has 8 heteroatoms. The largest absolute Gasteiger partial charge is 0.462 e. The normalized spacial score (nSPS) is 15.7. The summed E-state index contributed by atoms with van der Waals surface area (Å²) in [5.74, 6) is -0.121. The standard InChI is InChI=1S/C27H34N4O3S/c1-6-19-9-8-10-22(15-19)29-26(33)28-21-13-11-20(12-14-21)24-23(25(32)34-16-17(3)4)18(5)31(7-2)27(35)30-24/h8-15,17,24H,6-7,16H2,1-5H3,(H,30,35)(H2,28,29,33). The van der Waals surface area contributed by atoms with Crippen LogP contribution in [-0.2, 0) is 16.0 Å². The van der Waals surface area contributed by atoms with Crippen LogP contribution in [-0.4, -0.2) is 35.2 Å². The Hall–Kier alpha value is -3.39. The van der Waals surface area contributed by atoms with E-state index in [1.165, 1.54) is 0 Å². The number of urea groups is 1. The van der Waals surface area contributed by atoms with Crippen molar-refractivity contribution in [3.8, 4) is 0 Å². The molecule has 1 atom stereocenters. The van der Waals surface area contributed by atoms with Crippen LogP contribution in [0.2, 0.25) is 0 Å². The molecule has 35 heavy (non-hydrogen) atoms. The Kier molecular flexibility index (Phi) is 8.87. The molecule has 3 rings (SSSR count). The third-order valence-corrected chi connectivity index (χ3v) is 6.11. The maximum atomic E-state index is 13.0. The summed E-state index contributed by atoms with van der Waals surface area (Å²) < 4.78 is 5.57. The van der Waals surface area contributed by atoms with Crippen LogP contribution >= 0.6 is 12.2 Å². The summed E-state index contributed by atoms with van der Waals surface area (Å²) in [5, 5.41) is 9.55. The van der Waals surface area contributed by atoms with Crippen LogP contribution in [0.4, 0.5) is 16.2 Å². The second kappa shape index (κ2) is 11.8. The molecule has 0 radical (unpaired) electrons. The summed E-state index contributed by atoms with van der Waals surface area (Å²) in [4.78, 5) is 27.4. The van der Waals surface area contributed by atoms with Crippen LogP contribution in [0.1, 0.15) is 51.8 Å². The zero-order valence-electron chi connectivity index (χ0n) is 21.0. The Morgan fingerprint density at radius 1 is 1.09 bits per heavy atom. The summed E-state index contributed by atoms with van der Waals surface area (Å²) >= 11 is 5.55. The van der Waals surface area contributed by atoms with Crippen molar-refractivity contribution in [2.45, 2.75) is 47.1 Å². The molecule has 7 nitrogen and oxygen atoms in total. The molecule has 0 bridgehead atoms.